The molecule has 2 aromatic carbocycles. The lowest BCUT2D eigenvalue weighted by Crippen LogP contribution is -2.19. The van der Waals surface area contributed by atoms with Gasteiger partial charge in [0.05, 0.1) is 0 Å². The molecule has 1 aliphatic rings. The van der Waals surface area contributed by atoms with Crippen LogP contribution in [0.4, 0.5) is 0 Å². The van der Waals surface area contributed by atoms with E-state index in [4.69, 9.17) is 23.2 Å². The van der Waals surface area contributed by atoms with E-state index in [0.29, 0.717) is 10.0 Å². The SMILES string of the molecule is C[C@@H]1CC/C(=C\c2ccc(Cl)cc2)C(=O)/C1=C\c1ccc(Cl)cc1. The number of allylic oxidation sites excluding steroid dienone is 2. The minimum Gasteiger partial charge on any atom is -0.289 e. The average Bonchev–Trinajstić information content (AvgIpc) is 2.58. The Bertz CT molecular complexity index is 799. The topological polar surface area (TPSA) is 17.1 Å². The van der Waals surface area contributed by atoms with Crippen LogP contribution in [0.3, 0.4) is 0 Å². The van der Waals surface area contributed by atoms with Gasteiger partial charge < -0.3 is 0 Å². The van der Waals surface area contributed by atoms with Crippen LogP contribution in [0.2, 0.25) is 10.0 Å². The highest BCUT2D eigenvalue weighted by Gasteiger charge is 2.26. The Hall–Kier alpha value is -1.83. The molecule has 1 saturated carbocycles. The number of hydrogen-bond donors (Lipinski definition) is 0. The minimum atomic E-state index is 0.138. The van der Waals surface area contributed by atoms with Gasteiger partial charge in [-0.25, -0.2) is 0 Å². The molecule has 0 aliphatic heterocycles. The van der Waals surface area contributed by atoms with E-state index >= 15 is 0 Å². The van der Waals surface area contributed by atoms with Crippen LogP contribution in [0, 0.1) is 5.92 Å². The Labute approximate surface area is 152 Å². The summed E-state index contributed by atoms with van der Waals surface area (Å²) in [6, 6.07) is 15.1. The van der Waals surface area contributed by atoms with Gasteiger partial charge in [-0.3, -0.25) is 4.79 Å². The summed E-state index contributed by atoms with van der Waals surface area (Å²) in [5.41, 5.74) is 3.73. The molecule has 0 radical (unpaired) electrons. The fourth-order valence-corrected chi connectivity index (χ4v) is 3.15. The second kappa shape index (κ2) is 7.38. The number of hydrogen-bond acceptors (Lipinski definition) is 1. The number of ketones is 1. The first-order valence-corrected chi connectivity index (χ1v) is 8.76. The van der Waals surface area contributed by atoms with E-state index in [1.807, 2.05) is 60.7 Å². The van der Waals surface area contributed by atoms with Gasteiger partial charge in [0.25, 0.3) is 0 Å². The molecule has 1 nitrogen and oxygen atoms in total. The third-order valence-corrected chi connectivity index (χ3v) is 4.84. The van der Waals surface area contributed by atoms with Gasteiger partial charge in [-0.05, 0) is 66.3 Å². The molecule has 3 heteroatoms. The molecular formula is C21H18Cl2O. The molecule has 0 unspecified atom stereocenters. The molecule has 1 aliphatic carbocycles. The van der Waals surface area contributed by atoms with Crippen molar-refractivity contribution in [2.24, 2.45) is 5.92 Å². The fraction of sp³-hybridized carbons (Fsp3) is 0.190. The number of benzene rings is 2. The second-order valence-corrected chi connectivity index (χ2v) is 7.01. The molecule has 0 heterocycles. The summed E-state index contributed by atoms with van der Waals surface area (Å²) >= 11 is 11.9. The van der Waals surface area contributed by atoms with Gasteiger partial charge in [-0.1, -0.05) is 54.4 Å². The Kier molecular flexibility index (Phi) is 5.23. The first-order valence-electron chi connectivity index (χ1n) is 8.01. The third kappa shape index (κ3) is 3.98. The minimum absolute atomic E-state index is 0.138. The maximum Gasteiger partial charge on any atom is 0.185 e. The first-order chi connectivity index (χ1) is 11.5. The van der Waals surface area contributed by atoms with Crippen LogP contribution >= 0.6 is 23.2 Å². The summed E-state index contributed by atoms with van der Waals surface area (Å²) in [5, 5.41) is 1.40. The van der Waals surface area contributed by atoms with Gasteiger partial charge in [0, 0.05) is 21.2 Å². The second-order valence-electron chi connectivity index (χ2n) is 6.14. The molecular weight excluding hydrogens is 339 g/mol. The molecule has 2 aromatic rings. The molecule has 24 heavy (non-hydrogen) atoms. The first kappa shape index (κ1) is 17.0. The van der Waals surface area contributed by atoms with Gasteiger partial charge in [-0.2, -0.15) is 0 Å². The summed E-state index contributed by atoms with van der Waals surface area (Å²) < 4.78 is 0. The van der Waals surface area contributed by atoms with Crippen molar-refractivity contribution >= 4 is 41.1 Å². The number of halogens is 2. The largest absolute Gasteiger partial charge is 0.289 e. The van der Waals surface area contributed by atoms with Crippen molar-refractivity contribution in [1.82, 2.24) is 0 Å². The molecule has 0 N–H and O–H groups in total. The van der Waals surface area contributed by atoms with E-state index in [2.05, 4.69) is 6.92 Å². The van der Waals surface area contributed by atoms with Gasteiger partial charge in [0.1, 0.15) is 0 Å². The van der Waals surface area contributed by atoms with Crippen molar-refractivity contribution in [2.75, 3.05) is 0 Å². The van der Waals surface area contributed by atoms with Crippen LogP contribution in [-0.4, -0.2) is 5.78 Å². The van der Waals surface area contributed by atoms with Crippen LogP contribution < -0.4 is 0 Å². The summed E-state index contributed by atoms with van der Waals surface area (Å²) in [6.07, 6.45) is 5.74. The van der Waals surface area contributed by atoms with Crippen molar-refractivity contribution in [3.05, 3.63) is 80.8 Å². The standard InChI is InChI=1S/C21H18Cl2O/c1-14-2-7-17(12-15-3-8-18(22)9-4-15)21(24)20(14)13-16-5-10-19(23)11-6-16/h3-6,8-14H,2,7H2,1H3/b17-12+,20-13-/t14-/m1/s1. The zero-order chi connectivity index (χ0) is 17.1. The Balaban J connectivity index is 1.91. The fourth-order valence-electron chi connectivity index (χ4n) is 2.89. The molecule has 1 atom stereocenters. The molecule has 0 aromatic heterocycles. The maximum absolute atomic E-state index is 12.9. The van der Waals surface area contributed by atoms with Crippen LogP contribution in [0.15, 0.2) is 59.7 Å². The monoisotopic (exact) mass is 356 g/mol. The van der Waals surface area contributed by atoms with Crippen molar-refractivity contribution < 1.29 is 4.79 Å². The molecule has 0 amide bonds. The van der Waals surface area contributed by atoms with Crippen molar-refractivity contribution in [3.8, 4) is 0 Å². The third-order valence-electron chi connectivity index (χ3n) is 4.33. The normalized spacial score (nSPS) is 21.5. The van der Waals surface area contributed by atoms with Crippen molar-refractivity contribution in [1.29, 1.82) is 0 Å². The van der Waals surface area contributed by atoms with Gasteiger partial charge in [0.2, 0.25) is 0 Å². The summed E-state index contributed by atoms with van der Waals surface area (Å²) in [4.78, 5) is 12.9. The highest BCUT2D eigenvalue weighted by atomic mass is 35.5. The lowest BCUT2D eigenvalue weighted by molar-refractivity contribution is -0.113. The molecule has 122 valence electrons. The van der Waals surface area contributed by atoms with E-state index in [1.165, 1.54) is 0 Å². The van der Waals surface area contributed by atoms with E-state index in [9.17, 15) is 4.79 Å². The number of Topliss-reactive ketones (excluding diaryl/α,β-unsaturated/α-hetero) is 1. The lowest BCUT2D eigenvalue weighted by Gasteiger charge is -2.23. The average molecular weight is 357 g/mol. The smallest absolute Gasteiger partial charge is 0.185 e. The summed E-state index contributed by atoms with van der Waals surface area (Å²) in [7, 11) is 0. The van der Waals surface area contributed by atoms with Crippen molar-refractivity contribution in [3.63, 3.8) is 0 Å². The molecule has 0 saturated heterocycles. The van der Waals surface area contributed by atoms with Crippen LogP contribution in [-0.2, 0) is 4.79 Å². The van der Waals surface area contributed by atoms with E-state index in [-0.39, 0.29) is 11.7 Å². The number of carbonyl (C=O) groups is 1. The summed E-state index contributed by atoms with van der Waals surface area (Å²) in [5.74, 6) is 0.397. The Morgan fingerprint density at radius 3 is 1.92 bits per heavy atom. The van der Waals surface area contributed by atoms with E-state index in [1.54, 1.807) is 0 Å². The predicted octanol–water partition coefficient (Wildman–Crippen LogP) is 6.46. The van der Waals surface area contributed by atoms with Crippen LogP contribution in [0.25, 0.3) is 12.2 Å². The predicted molar refractivity (Wildman–Crippen MR) is 102 cm³/mol. The highest BCUT2D eigenvalue weighted by Crippen LogP contribution is 2.32. The van der Waals surface area contributed by atoms with E-state index in [0.717, 1.165) is 35.1 Å². The number of rotatable bonds is 2. The van der Waals surface area contributed by atoms with Gasteiger partial charge >= 0.3 is 0 Å². The highest BCUT2D eigenvalue weighted by molar-refractivity contribution is 6.30. The Morgan fingerprint density at radius 1 is 0.875 bits per heavy atom. The Morgan fingerprint density at radius 2 is 1.38 bits per heavy atom. The number of carbonyl (C=O) groups excluding carboxylic acids is 1. The van der Waals surface area contributed by atoms with Crippen LogP contribution in [0.1, 0.15) is 30.9 Å². The van der Waals surface area contributed by atoms with Gasteiger partial charge in [0.15, 0.2) is 5.78 Å². The lowest BCUT2D eigenvalue weighted by atomic mass is 9.80. The maximum atomic E-state index is 12.9. The van der Waals surface area contributed by atoms with Crippen molar-refractivity contribution in [2.45, 2.75) is 19.8 Å². The molecule has 3 rings (SSSR count). The molecule has 0 bridgehead atoms. The van der Waals surface area contributed by atoms with Crippen LogP contribution in [0.5, 0.6) is 0 Å². The zero-order valence-corrected chi connectivity index (χ0v) is 14.9. The van der Waals surface area contributed by atoms with Gasteiger partial charge in [-0.15, -0.1) is 0 Å². The molecule has 1 fully saturated rings. The summed E-state index contributed by atoms with van der Waals surface area (Å²) in [6.45, 7) is 2.11. The van der Waals surface area contributed by atoms with E-state index < -0.39 is 0 Å². The molecule has 0 spiro atoms. The zero-order valence-electron chi connectivity index (χ0n) is 13.4. The quantitative estimate of drug-likeness (QED) is 0.564.